The molecule has 6 heteroatoms. The van der Waals surface area contributed by atoms with Gasteiger partial charge in [0, 0.05) is 32.1 Å². The summed E-state index contributed by atoms with van der Waals surface area (Å²) in [5.74, 6) is 0.819. The van der Waals surface area contributed by atoms with Gasteiger partial charge in [0.1, 0.15) is 0 Å². The Morgan fingerprint density at radius 1 is 1.08 bits per heavy atom. The zero-order chi connectivity index (χ0) is 17.9. The van der Waals surface area contributed by atoms with Crippen molar-refractivity contribution in [1.82, 2.24) is 9.21 Å². The van der Waals surface area contributed by atoms with E-state index in [1.807, 2.05) is 35.2 Å². The molecule has 1 amide bonds. The summed E-state index contributed by atoms with van der Waals surface area (Å²) in [6.07, 6.45) is 3.55. The van der Waals surface area contributed by atoms with Crippen LogP contribution in [-0.2, 0) is 20.6 Å². The molecule has 2 aliphatic heterocycles. The van der Waals surface area contributed by atoms with Crippen molar-refractivity contribution in [3.8, 4) is 0 Å². The first kappa shape index (κ1) is 18.4. The summed E-state index contributed by atoms with van der Waals surface area (Å²) < 4.78 is 26.8. The summed E-state index contributed by atoms with van der Waals surface area (Å²) >= 11 is 0. The maximum atomic E-state index is 12.7. The molecular formula is C19H28N2O3S. The number of rotatable bonds is 4. The highest BCUT2D eigenvalue weighted by molar-refractivity contribution is 7.88. The summed E-state index contributed by atoms with van der Waals surface area (Å²) in [6.45, 7) is 4.81. The van der Waals surface area contributed by atoms with Gasteiger partial charge in [-0.1, -0.05) is 37.3 Å². The van der Waals surface area contributed by atoms with E-state index in [0.717, 1.165) is 25.1 Å². The molecule has 138 valence electrons. The third-order valence-corrected chi connectivity index (χ3v) is 7.21. The minimum atomic E-state index is -3.31. The number of carbonyl (C=O) groups excluding carboxylic acids is 1. The number of nitrogens with zero attached hydrogens (tertiary/aromatic N) is 2. The fourth-order valence-corrected chi connectivity index (χ4v) is 5.47. The van der Waals surface area contributed by atoms with Crippen molar-refractivity contribution in [3.05, 3.63) is 35.9 Å². The lowest BCUT2D eigenvalue weighted by Gasteiger charge is -2.36. The Hall–Kier alpha value is -1.40. The van der Waals surface area contributed by atoms with Gasteiger partial charge >= 0.3 is 0 Å². The van der Waals surface area contributed by atoms with Gasteiger partial charge in [-0.2, -0.15) is 0 Å². The van der Waals surface area contributed by atoms with Crippen LogP contribution >= 0.6 is 0 Å². The molecule has 0 aromatic heterocycles. The van der Waals surface area contributed by atoms with Crippen LogP contribution in [0.5, 0.6) is 0 Å². The van der Waals surface area contributed by atoms with Gasteiger partial charge in [0.05, 0.1) is 5.75 Å². The zero-order valence-corrected chi connectivity index (χ0v) is 15.7. The van der Waals surface area contributed by atoms with Gasteiger partial charge in [0.25, 0.3) is 0 Å². The van der Waals surface area contributed by atoms with Crippen LogP contribution in [0.2, 0.25) is 0 Å². The number of hydrogen-bond acceptors (Lipinski definition) is 3. The van der Waals surface area contributed by atoms with Gasteiger partial charge in [-0.3, -0.25) is 4.79 Å². The number of benzene rings is 1. The Morgan fingerprint density at radius 2 is 1.76 bits per heavy atom. The molecule has 2 heterocycles. The second kappa shape index (κ2) is 7.87. The third-order valence-electron chi connectivity index (χ3n) is 5.36. The van der Waals surface area contributed by atoms with Crippen molar-refractivity contribution in [1.29, 1.82) is 0 Å². The average molecular weight is 365 g/mol. The van der Waals surface area contributed by atoms with Gasteiger partial charge in [-0.25, -0.2) is 12.7 Å². The Labute approximate surface area is 151 Å². The molecule has 1 aromatic carbocycles. The van der Waals surface area contributed by atoms with Gasteiger partial charge in [-0.05, 0) is 37.2 Å². The minimum Gasteiger partial charge on any atom is -0.342 e. The highest BCUT2D eigenvalue weighted by Crippen LogP contribution is 2.25. The fourth-order valence-electron chi connectivity index (χ4n) is 3.90. The molecule has 1 atom stereocenters. The molecular weight excluding hydrogens is 336 g/mol. The topological polar surface area (TPSA) is 57.7 Å². The Balaban J connectivity index is 1.55. The van der Waals surface area contributed by atoms with Gasteiger partial charge in [0.15, 0.2) is 0 Å². The van der Waals surface area contributed by atoms with Crippen molar-refractivity contribution in [2.45, 2.75) is 38.4 Å². The Morgan fingerprint density at radius 3 is 2.40 bits per heavy atom. The van der Waals surface area contributed by atoms with Crippen LogP contribution < -0.4 is 0 Å². The molecule has 0 radical (unpaired) electrons. The van der Waals surface area contributed by atoms with Crippen LogP contribution in [0.15, 0.2) is 30.3 Å². The smallest absolute Gasteiger partial charge is 0.225 e. The van der Waals surface area contributed by atoms with Crippen LogP contribution in [-0.4, -0.2) is 49.7 Å². The van der Waals surface area contributed by atoms with Crippen LogP contribution in [0.3, 0.4) is 0 Å². The summed E-state index contributed by atoms with van der Waals surface area (Å²) in [4.78, 5) is 14.7. The first-order valence-corrected chi connectivity index (χ1v) is 10.9. The molecule has 2 aliphatic rings. The van der Waals surface area contributed by atoms with E-state index >= 15 is 0 Å². The van der Waals surface area contributed by atoms with E-state index in [1.165, 1.54) is 6.42 Å². The third kappa shape index (κ3) is 4.61. The van der Waals surface area contributed by atoms with Crippen molar-refractivity contribution < 1.29 is 13.2 Å². The summed E-state index contributed by atoms with van der Waals surface area (Å²) in [5.41, 5.74) is 0.808. The number of likely N-dealkylation sites (tertiary alicyclic amines) is 1. The number of carbonyl (C=O) groups is 1. The standard InChI is InChI=1S/C19H28N2O3S/c1-16-6-5-11-20(14-16)19(22)18-9-12-21(13-10-18)25(23,24)15-17-7-3-2-4-8-17/h2-4,7-8,16,18H,5-6,9-15H2,1H3/t16-/m1/s1. The van der Waals surface area contributed by atoms with E-state index in [-0.39, 0.29) is 17.6 Å². The van der Waals surface area contributed by atoms with E-state index in [9.17, 15) is 13.2 Å². The van der Waals surface area contributed by atoms with E-state index in [2.05, 4.69) is 6.92 Å². The molecule has 0 N–H and O–H groups in total. The highest BCUT2D eigenvalue weighted by Gasteiger charge is 2.34. The molecule has 0 saturated carbocycles. The number of hydrogen-bond donors (Lipinski definition) is 0. The first-order valence-electron chi connectivity index (χ1n) is 9.26. The number of amides is 1. The monoisotopic (exact) mass is 364 g/mol. The lowest BCUT2D eigenvalue weighted by molar-refractivity contribution is -0.138. The van der Waals surface area contributed by atoms with Gasteiger partial charge < -0.3 is 4.90 Å². The number of piperidine rings is 2. The van der Waals surface area contributed by atoms with Crippen molar-refractivity contribution in [2.24, 2.45) is 11.8 Å². The van der Waals surface area contributed by atoms with Crippen LogP contribution in [0.25, 0.3) is 0 Å². The predicted molar refractivity (Wildman–Crippen MR) is 98.3 cm³/mol. The lowest BCUT2D eigenvalue weighted by Crippen LogP contribution is -2.47. The molecule has 2 saturated heterocycles. The van der Waals surface area contributed by atoms with E-state index in [1.54, 1.807) is 4.31 Å². The Bertz CT molecular complexity index is 682. The maximum Gasteiger partial charge on any atom is 0.225 e. The van der Waals surface area contributed by atoms with E-state index in [4.69, 9.17) is 0 Å². The second-order valence-electron chi connectivity index (χ2n) is 7.45. The molecule has 2 fully saturated rings. The molecule has 5 nitrogen and oxygen atoms in total. The summed E-state index contributed by atoms with van der Waals surface area (Å²) in [6, 6.07) is 9.27. The van der Waals surface area contributed by atoms with Crippen molar-refractivity contribution >= 4 is 15.9 Å². The van der Waals surface area contributed by atoms with Gasteiger partial charge in [-0.15, -0.1) is 0 Å². The summed E-state index contributed by atoms with van der Waals surface area (Å²) in [5, 5.41) is 0. The SMILES string of the molecule is C[C@@H]1CCCN(C(=O)C2CCN(S(=O)(=O)Cc3ccccc3)CC2)C1. The molecule has 0 unspecified atom stereocenters. The van der Waals surface area contributed by atoms with Crippen LogP contribution in [0, 0.1) is 11.8 Å². The zero-order valence-electron chi connectivity index (χ0n) is 14.9. The normalized spacial score (nSPS) is 23.6. The molecule has 3 rings (SSSR count). The minimum absolute atomic E-state index is 0.0199. The fraction of sp³-hybridized carbons (Fsp3) is 0.632. The molecule has 0 aliphatic carbocycles. The number of sulfonamides is 1. The van der Waals surface area contributed by atoms with Crippen LogP contribution in [0.4, 0.5) is 0 Å². The van der Waals surface area contributed by atoms with E-state index < -0.39 is 10.0 Å². The van der Waals surface area contributed by atoms with Crippen LogP contribution in [0.1, 0.15) is 38.2 Å². The predicted octanol–water partition coefficient (Wildman–Crippen LogP) is 2.49. The van der Waals surface area contributed by atoms with Crippen molar-refractivity contribution in [2.75, 3.05) is 26.2 Å². The Kier molecular flexibility index (Phi) is 5.79. The van der Waals surface area contributed by atoms with Crippen molar-refractivity contribution in [3.63, 3.8) is 0 Å². The molecule has 25 heavy (non-hydrogen) atoms. The molecule has 0 spiro atoms. The molecule has 0 bridgehead atoms. The van der Waals surface area contributed by atoms with Gasteiger partial charge in [0.2, 0.25) is 15.9 Å². The largest absolute Gasteiger partial charge is 0.342 e. The molecule has 1 aromatic rings. The maximum absolute atomic E-state index is 12.7. The summed E-state index contributed by atoms with van der Waals surface area (Å²) in [7, 11) is -3.31. The first-order chi connectivity index (χ1) is 12.0. The lowest BCUT2D eigenvalue weighted by atomic mass is 9.93. The average Bonchev–Trinajstić information content (AvgIpc) is 2.62. The van der Waals surface area contributed by atoms with E-state index in [0.29, 0.717) is 31.8 Å². The highest BCUT2D eigenvalue weighted by atomic mass is 32.2. The quantitative estimate of drug-likeness (QED) is 0.825. The second-order valence-corrected chi connectivity index (χ2v) is 9.42.